The maximum Gasteiger partial charge on any atom is 0.333 e. The molecule has 4 heteroatoms. The molecular formula is C20H23N3O. The Hall–Kier alpha value is -2.75. The molecule has 1 heterocycles. The Balaban J connectivity index is 2.12. The SMILES string of the molecule is CC/C=C(/c1ccc(-n2c(=O)n(C)c3ccccc32)cc1)N(C)C. The minimum absolute atomic E-state index is 0.0270. The first kappa shape index (κ1) is 16.1. The Labute approximate surface area is 142 Å². The molecule has 0 radical (unpaired) electrons. The number of hydrogen-bond donors (Lipinski definition) is 0. The van der Waals surface area contributed by atoms with E-state index in [9.17, 15) is 4.79 Å². The molecule has 0 aliphatic carbocycles. The lowest BCUT2D eigenvalue weighted by molar-refractivity contribution is 0.590. The van der Waals surface area contributed by atoms with Crippen LogP contribution in [0.2, 0.25) is 0 Å². The summed E-state index contributed by atoms with van der Waals surface area (Å²) in [4.78, 5) is 14.7. The third-order valence-corrected chi connectivity index (χ3v) is 4.26. The number of nitrogens with zero attached hydrogens (tertiary/aromatic N) is 3. The van der Waals surface area contributed by atoms with Crippen molar-refractivity contribution in [3.8, 4) is 5.69 Å². The van der Waals surface area contributed by atoms with Crippen molar-refractivity contribution >= 4 is 16.7 Å². The highest BCUT2D eigenvalue weighted by Gasteiger charge is 2.12. The molecule has 0 bridgehead atoms. The van der Waals surface area contributed by atoms with Crippen molar-refractivity contribution in [3.05, 3.63) is 70.7 Å². The standard InChI is InChI=1S/C20H23N3O/c1-5-8-17(21(2)3)15-11-13-16(14-12-15)23-19-10-7-6-9-18(19)22(4)20(23)24/h6-14H,5H2,1-4H3/b17-8-. The smallest absolute Gasteiger partial charge is 0.333 e. The van der Waals surface area contributed by atoms with Gasteiger partial charge in [-0.1, -0.05) is 37.3 Å². The number of benzene rings is 2. The molecule has 0 aliphatic heterocycles. The van der Waals surface area contributed by atoms with Gasteiger partial charge in [0.05, 0.1) is 16.7 Å². The fourth-order valence-corrected chi connectivity index (χ4v) is 3.08. The molecule has 0 aliphatic rings. The molecule has 0 atom stereocenters. The van der Waals surface area contributed by atoms with Crippen molar-refractivity contribution in [1.29, 1.82) is 0 Å². The molecule has 0 spiro atoms. The number of aryl methyl sites for hydroxylation is 1. The van der Waals surface area contributed by atoms with E-state index in [4.69, 9.17) is 0 Å². The molecule has 0 fully saturated rings. The summed E-state index contributed by atoms with van der Waals surface area (Å²) in [5.41, 5.74) is 5.06. The third kappa shape index (κ3) is 2.64. The van der Waals surface area contributed by atoms with Crippen molar-refractivity contribution in [2.75, 3.05) is 14.1 Å². The zero-order chi connectivity index (χ0) is 17.3. The molecule has 2 aromatic carbocycles. The van der Waals surface area contributed by atoms with Gasteiger partial charge in [0.15, 0.2) is 0 Å². The fourth-order valence-electron chi connectivity index (χ4n) is 3.08. The summed E-state index contributed by atoms with van der Waals surface area (Å²) in [7, 11) is 5.90. The topological polar surface area (TPSA) is 30.2 Å². The van der Waals surface area contributed by atoms with E-state index >= 15 is 0 Å². The predicted octanol–water partition coefficient (Wildman–Crippen LogP) is 3.64. The number of aromatic nitrogens is 2. The molecule has 3 aromatic rings. The van der Waals surface area contributed by atoms with Crippen LogP contribution in [0.25, 0.3) is 22.4 Å². The van der Waals surface area contributed by atoms with Gasteiger partial charge in [-0.15, -0.1) is 0 Å². The molecule has 0 N–H and O–H groups in total. The van der Waals surface area contributed by atoms with Crippen molar-refractivity contribution in [1.82, 2.24) is 14.0 Å². The second-order valence-electron chi connectivity index (χ2n) is 6.10. The first-order chi connectivity index (χ1) is 11.5. The van der Waals surface area contributed by atoms with Crippen LogP contribution >= 0.6 is 0 Å². The van der Waals surface area contributed by atoms with Crippen molar-refractivity contribution in [2.24, 2.45) is 7.05 Å². The Morgan fingerprint density at radius 3 is 2.25 bits per heavy atom. The maximum atomic E-state index is 12.6. The minimum Gasteiger partial charge on any atom is -0.377 e. The van der Waals surface area contributed by atoms with E-state index in [2.05, 4.69) is 30.0 Å². The molecule has 0 unspecified atom stereocenters. The minimum atomic E-state index is -0.0270. The van der Waals surface area contributed by atoms with E-state index in [0.29, 0.717) is 0 Å². The number of fused-ring (bicyclic) bond motifs is 1. The second kappa shape index (κ2) is 6.40. The van der Waals surface area contributed by atoms with Crippen molar-refractivity contribution in [2.45, 2.75) is 13.3 Å². The van der Waals surface area contributed by atoms with Crippen LogP contribution in [0.4, 0.5) is 0 Å². The molecule has 24 heavy (non-hydrogen) atoms. The molecule has 0 amide bonds. The number of allylic oxidation sites excluding steroid dienone is 1. The highest BCUT2D eigenvalue weighted by Crippen LogP contribution is 2.21. The third-order valence-electron chi connectivity index (χ3n) is 4.26. The van der Waals surface area contributed by atoms with E-state index in [1.165, 1.54) is 5.70 Å². The summed E-state index contributed by atoms with van der Waals surface area (Å²) in [6.07, 6.45) is 3.19. The summed E-state index contributed by atoms with van der Waals surface area (Å²) in [5.74, 6) is 0. The zero-order valence-corrected chi connectivity index (χ0v) is 14.7. The van der Waals surface area contributed by atoms with E-state index < -0.39 is 0 Å². The van der Waals surface area contributed by atoms with Gasteiger partial charge in [0.25, 0.3) is 0 Å². The average molecular weight is 321 g/mol. The summed E-state index contributed by atoms with van der Waals surface area (Å²) < 4.78 is 3.45. The van der Waals surface area contributed by atoms with Gasteiger partial charge < -0.3 is 4.90 Å². The van der Waals surface area contributed by atoms with Crippen LogP contribution in [0.1, 0.15) is 18.9 Å². The molecular weight excluding hydrogens is 298 g/mol. The van der Waals surface area contributed by atoms with Gasteiger partial charge in [0, 0.05) is 26.8 Å². The van der Waals surface area contributed by atoms with Crippen LogP contribution in [-0.4, -0.2) is 28.1 Å². The van der Waals surface area contributed by atoms with E-state index in [0.717, 1.165) is 28.7 Å². The lowest BCUT2D eigenvalue weighted by Crippen LogP contribution is -2.20. The zero-order valence-electron chi connectivity index (χ0n) is 14.7. The largest absolute Gasteiger partial charge is 0.377 e. The highest BCUT2D eigenvalue weighted by molar-refractivity contribution is 5.78. The normalized spacial score (nSPS) is 11.9. The lowest BCUT2D eigenvalue weighted by Gasteiger charge is -2.18. The lowest BCUT2D eigenvalue weighted by atomic mass is 10.1. The number of imidazole rings is 1. The molecule has 3 rings (SSSR count). The second-order valence-corrected chi connectivity index (χ2v) is 6.10. The van der Waals surface area contributed by atoms with Crippen LogP contribution < -0.4 is 5.69 Å². The Morgan fingerprint density at radius 1 is 1.04 bits per heavy atom. The Bertz CT molecular complexity index is 943. The first-order valence-corrected chi connectivity index (χ1v) is 8.19. The van der Waals surface area contributed by atoms with Gasteiger partial charge >= 0.3 is 5.69 Å². The van der Waals surface area contributed by atoms with Crippen LogP contribution in [-0.2, 0) is 7.05 Å². The molecule has 124 valence electrons. The number of rotatable bonds is 4. The van der Waals surface area contributed by atoms with Crippen LogP contribution in [0.3, 0.4) is 0 Å². The number of hydrogen-bond acceptors (Lipinski definition) is 2. The Kier molecular flexibility index (Phi) is 4.30. The Morgan fingerprint density at radius 2 is 1.67 bits per heavy atom. The van der Waals surface area contributed by atoms with E-state index in [1.807, 2.05) is 57.5 Å². The monoisotopic (exact) mass is 321 g/mol. The van der Waals surface area contributed by atoms with Crippen LogP contribution in [0, 0.1) is 0 Å². The van der Waals surface area contributed by atoms with Gasteiger partial charge in [-0.3, -0.25) is 9.13 Å². The maximum absolute atomic E-state index is 12.6. The summed E-state index contributed by atoms with van der Waals surface area (Å²) in [6.45, 7) is 2.13. The van der Waals surface area contributed by atoms with Gasteiger partial charge in [-0.25, -0.2) is 4.79 Å². The first-order valence-electron chi connectivity index (χ1n) is 8.19. The van der Waals surface area contributed by atoms with Gasteiger partial charge in [0.1, 0.15) is 0 Å². The summed E-state index contributed by atoms with van der Waals surface area (Å²) in [6, 6.07) is 16.0. The van der Waals surface area contributed by atoms with Crippen LogP contribution in [0.5, 0.6) is 0 Å². The quantitative estimate of drug-likeness (QED) is 0.734. The van der Waals surface area contributed by atoms with Crippen LogP contribution in [0.15, 0.2) is 59.4 Å². The van der Waals surface area contributed by atoms with Gasteiger partial charge in [-0.05, 0) is 36.2 Å². The van der Waals surface area contributed by atoms with E-state index in [-0.39, 0.29) is 5.69 Å². The summed E-state index contributed by atoms with van der Waals surface area (Å²) >= 11 is 0. The molecule has 0 saturated carbocycles. The van der Waals surface area contributed by atoms with E-state index in [1.54, 1.807) is 9.13 Å². The fraction of sp³-hybridized carbons (Fsp3) is 0.250. The van der Waals surface area contributed by atoms with Gasteiger partial charge in [-0.2, -0.15) is 0 Å². The highest BCUT2D eigenvalue weighted by atomic mass is 16.1. The van der Waals surface area contributed by atoms with Crippen molar-refractivity contribution < 1.29 is 0 Å². The molecule has 4 nitrogen and oxygen atoms in total. The molecule has 1 aromatic heterocycles. The summed E-state index contributed by atoms with van der Waals surface area (Å²) in [5, 5.41) is 0. The average Bonchev–Trinajstić information content (AvgIpc) is 2.84. The number of para-hydroxylation sites is 2. The molecule has 0 saturated heterocycles. The predicted molar refractivity (Wildman–Crippen MR) is 100 cm³/mol. The van der Waals surface area contributed by atoms with Gasteiger partial charge in [0.2, 0.25) is 0 Å². The van der Waals surface area contributed by atoms with Crippen molar-refractivity contribution in [3.63, 3.8) is 0 Å².